The van der Waals surface area contributed by atoms with Crippen LogP contribution in [0.1, 0.15) is 43.7 Å². The van der Waals surface area contributed by atoms with E-state index in [1.807, 2.05) is 0 Å². The van der Waals surface area contributed by atoms with Gasteiger partial charge >= 0.3 is 0 Å². The van der Waals surface area contributed by atoms with Crippen LogP contribution in [0.4, 0.5) is 0 Å². The van der Waals surface area contributed by atoms with E-state index in [0.717, 1.165) is 12.8 Å². The van der Waals surface area contributed by atoms with Crippen molar-refractivity contribution in [3.8, 4) is 0 Å². The fourth-order valence-corrected chi connectivity index (χ4v) is 2.30. The van der Waals surface area contributed by atoms with Crippen LogP contribution in [-0.4, -0.2) is 6.04 Å². The van der Waals surface area contributed by atoms with Gasteiger partial charge in [0.1, 0.15) is 0 Å². The van der Waals surface area contributed by atoms with Gasteiger partial charge in [0.2, 0.25) is 0 Å². The number of rotatable bonds is 3. The smallest absolute Gasteiger partial charge is 0.00768 e. The van der Waals surface area contributed by atoms with Crippen LogP contribution < -0.4 is 5.73 Å². The SMILES string of the molecule is CC(N)C(C)c1ccccc1C1=CC=CCC1. The lowest BCUT2D eigenvalue weighted by Crippen LogP contribution is -2.23. The summed E-state index contributed by atoms with van der Waals surface area (Å²) < 4.78 is 0. The van der Waals surface area contributed by atoms with Crippen molar-refractivity contribution in [2.45, 2.75) is 38.6 Å². The second kappa shape index (κ2) is 5.33. The van der Waals surface area contributed by atoms with E-state index in [-0.39, 0.29) is 6.04 Å². The molecule has 0 radical (unpaired) electrons. The maximum Gasteiger partial charge on any atom is 0.00768 e. The van der Waals surface area contributed by atoms with E-state index in [2.05, 4.69) is 56.3 Å². The minimum absolute atomic E-state index is 0.191. The maximum absolute atomic E-state index is 6.03. The number of hydrogen-bond donors (Lipinski definition) is 1. The highest BCUT2D eigenvalue weighted by Crippen LogP contribution is 2.31. The molecule has 1 aliphatic rings. The molecule has 1 nitrogen and oxygen atoms in total. The van der Waals surface area contributed by atoms with Gasteiger partial charge in [0.05, 0.1) is 0 Å². The zero-order valence-corrected chi connectivity index (χ0v) is 10.7. The molecule has 1 heteroatoms. The van der Waals surface area contributed by atoms with Crippen LogP contribution in [-0.2, 0) is 0 Å². The molecule has 1 aliphatic carbocycles. The molecule has 0 saturated carbocycles. The Morgan fingerprint density at radius 1 is 1.18 bits per heavy atom. The van der Waals surface area contributed by atoms with E-state index in [4.69, 9.17) is 5.73 Å². The molecule has 0 amide bonds. The molecule has 2 N–H and O–H groups in total. The lowest BCUT2D eigenvalue weighted by molar-refractivity contribution is 0.611. The molecule has 0 bridgehead atoms. The van der Waals surface area contributed by atoms with E-state index in [9.17, 15) is 0 Å². The van der Waals surface area contributed by atoms with Crippen molar-refractivity contribution in [1.29, 1.82) is 0 Å². The molecular formula is C16H21N. The molecule has 2 rings (SSSR count). The number of benzene rings is 1. The molecule has 90 valence electrons. The van der Waals surface area contributed by atoms with Gasteiger partial charge in [-0.05, 0) is 42.4 Å². The summed E-state index contributed by atoms with van der Waals surface area (Å²) in [6, 6.07) is 8.85. The highest BCUT2D eigenvalue weighted by Gasteiger charge is 2.16. The van der Waals surface area contributed by atoms with Gasteiger partial charge in [0.25, 0.3) is 0 Å². The van der Waals surface area contributed by atoms with Crippen molar-refractivity contribution in [2.75, 3.05) is 0 Å². The summed E-state index contributed by atoms with van der Waals surface area (Å²) in [4.78, 5) is 0. The van der Waals surface area contributed by atoms with Crippen LogP contribution in [0.15, 0.2) is 42.5 Å². The molecule has 0 aliphatic heterocycles. The highest BCUT2D eigenvalue weighted by atomic mass is 14.6. The van der Waals surface area contributed by atoms with Gasteiger partial charge in [-0.15, -0.1) is 0 Å². The van der Waals surface area contributed by atoms with Crippen LogP contribution in [0.3, 0.4) is 0 Å². The number of allylic oxidation sites excluding steroid dienone is 4. The average molecular weight is 227 g/mol. The summed E-state index contributed by atoms with van der Waals surface area (Å²) in [7, 11) is 0. The Bertz CT molecular complexity index is 441. The second-order valence-corrected chi connectivity index (χ2v) is 4.89. The van der Waals surface area contributed by atoms with Gasteiger partial charge in [-0.25, -0.2) is 0 Å². The Morgan fingerprint density at radius 2 is 1.94 bits per heavy atom. The Hall–Kier alpha value is -1.34. The standard InChI is InChI=1S/C16H21N/c1-12(13(2)17)15-10-6-7-11-16(15)14-8-4-3-5-9-14/h3-4,6-8,10-13H,5,9,17H2,1-2H3. The zero-order valence-electron chi connectivity index (χ0n) is 10.7. The first kappa shape index (κ1) is 12.1. The van der Waals surface area contributed by atoms with Gasteiger partial charge in [-0.1, -0.05) is 49.4 Å². The molecular weight excluding hydrogens is 206 g/mol. The van der Waals surface area contributed by atoms with Gasteiger partial charge < -0.3 is 5.73 Å². The van der Waals surface area contributed by atoms with Crippen LogP contribution in [0, 0.1) is 0 Å². The highest BCUT2D eigenvalue weighted by molar-refractivity contribution is 5.71. The maximum atomic E-state index is 6.03. The fraction of sp³-hybridized carbons (Fsp3) is 0.375. The summed E-state index contributed by atoms with van der Waals surface area (Å²) in [6.45, 7) is 4.29. The van der Waals surface area contributed by atoms with Crippen LogP contribution in [0.2, 0.25) is 0 Å². The molecule has 2 unspecified atom stereocenters. The quantitative estimate of drug-likeness (QED) is 0.833. The van der Waals surface area contributed by atoms with Gasteiger partial charge in [0, 0.05) is 6.04 Å². The van der Waals surface area contributed by atoms with Gasteiger partial charge in [-0.2, -0.15) is 0 Å². The number of nitrogens with two attached hydrogens (primary N) is 1. The first-order valence-corrected chi connectivity index (χ1v) is 6.40. The Labute approximate surface area is 104 Å². The third kappa shape index (κ3) is 2.67. The van der Waals surface area contributed by atoms with Crippen molar-refractivity contribution < 1.29 is 0 Å². The molecule has 0 fully saturated rings. The van der Waals surface area contributed by atoms with Crippen LogP contribution in [0.25, 0.3) is 5.57 Å². The molecule has 0 spiro atoms. The minimum Gasteiger partial charge on any atom is -0.327 e. The predicted octanol–water partition coefficient (Wildman–Crippen LogP) is 3.87. The van der Waals surface area contributed by atoms with E-state index in [0.29, 0.717) is 5.92 Å². The lowest BCUT2D eigenvalue weighted by Gasteiger charge is -2.21. The topological polar surface area (TPSA) is 26.0 Å². The Morgan fingerprint density at radius 3 is 2.59 bits per heavy atom. The Kier molecular flexibility index (Phi) is 3.80. The van der Waals surface area contributed by atoms with E-state index >= 15 is 0 Å². The zero-order chi connectivity index (χ0) is 12.3. The van der Waals surface area contributed by atoms with Gasteiger partial charge in [0.15, 0.2) is 0 Å². The first-order valence-electron chi connectivity index (χ1n) is 6.40. The normalized spacial score (nSPS) is 18.6. The fourth-order valence-electron chi connectivity index (χ4n) is 2.30. The summed E-state index contributed by atoms with van der Waals surface area (Å²) in [6.07, 6.45) is 8.90. The van der Waals surface area contributed by atoms with Crippen LogP contribution in [0.5, 0.6) is 0 Å². The Balaban J connectivity index is 2.40. The summed E-state index contributed by atoms with van der Waals surface area (Å²) in [5.74, 6) is 0.401. The van der Waals surface area contributed by atoms with E-state index in [1.54, 1.807) is 0 Å². The molecule has 17 heavy (non-hydrogen) atoms. The third-order valence-corrected chi connectivity index (χ3v) is 3.60. The summed E-state index contributed by atoms with van der Waals surface area (Å²) in [5, 5.41) is 0. The van der Waals surface area contributed by atoms with Crippen molar-refractivity contribution in [3.05, 3.63) is 53.6 Å². The van der Waals surface area contributed by atoms with Crippen molar-refractivity contribution >= 4 is 5.57 Å². The summed E-state index contributed by atoms with van der Waals surface area (Å²) >= 11 is 0. The largest absolute Gasteiger partial charge is 0.327 e. The second-order valence-electron chi connectivity index (χ2n) is 4.89. The molecule has 1 aromatic carbocycles. The average Bonchev–Trinajstić information content (AvgIpc) is 2.39. The third-order valence-electron chi connectivity index (χ3n) is 3.60. The first-order chi connectivity index (χ1) is 8.20. The van der Waals surface area contributed by atoms with Crippen LogP contribution >= 0.6 is 0 Å². The molecule has 2 atom stereocenters. The minimum atomic E-state index is 0.191. The predicted molar refractivity (Wildman–Crippen MR) is 74.9 cm³/mol. The molecule has 0 saturated heterocycles. The lowest BCUT2D eigenvalue weighted by atomic mass is 9.86. The molecule has 0 aromatic heterocycles. The molecule has 0 heterocycles. The summed E-state index contributed by atoms with van der Waals surface area (Å²) in [5.41, 5.74) is 10.2. The van der Waals surface area contributed by atoms with E-state index < -0.39 is 0 Å². The molecule has 1 aromatic rings. The van der Waals surface area contributed by atoms with Crippen molar-refractivity contribution in [3.63, 3.8) is 0 Å². The van der Waals surface area contributed by atoms with Gasteiger partial charge in [-0.3, -0.25) is 0 Å². The monoisotopic (exact) mass is 227 g/mol. The van der Waals surface area contributed by atoms with Crippen molar-refractivity contribution in [2.24, 2.45) is 5.73 Å². The van der Waals surface area contributed by atoms with Crippen molar-refractivity contribution in [1.82, 2.24) is 0 Å². The van der Waals surface area contributed by atoms with E-state index in [1.165, 1.54) is 16.7 Å². The number of hydrogen-bond acceptors (Lipinski definition) is 1.